The van der Waals surface area contributed by atoms with Crippen LogP contribution in [0.2, 0.25) is 0 Å². The summed E-state index contributed by atoms with van der Waals surface area (Å²) in [5.41, 5.74) is 10.3. The van der Waals surface area contributed by atoms with Crippen LogP contribution in [-0.2, 0) is 11.3 Å². The summed E-state index contributed by atoms with van der Waals surface area (Å²) >= 11 is 0. The lowest BCUT2D eigenvalue weighted by Crippen LogP contribution is -2.09. The van der Waals surface area contributed by atoms with Crippen LogP contribution in [0.4, 0.5) is 5.82 Å². The molecule has 170 valence electrons. The maximum atomic E-state index is 13.2. The standard InChI is InChI=1S/C26H22N4O4/c1-32-18-12-17(13-19(14-18)33-2)30-24(27)22(26(31)34-15-16-8-4-3-5-9-16)23-25(30)29-21-11-7-6-10-20(21)28-23/h3-14H,15,27H2,1-2H3. The lowest BCUT2D eigenvalue weighted by Gasteiger charge is -2.12. The summed E-state index contributed by atoms with van der Waals surface area (Å²) in [6, 6.07) is 22.2. The highest BCUT2D eigenvalue weighted by Gasteiger charge is 2.26. The summed E-state index contributed by atoms with van der Waals surface area (Å²) in [5.74, 6) is 0.721. The molecule has 0 radical (unpaired) electrons. The van der Waals surface area contributed by atoms with Crippen LogP contribution >= 0.6 is 0 Å². The van der Waals surface area contributed by atoms with Gasteiger partial charge in [0, 0.05) is 18.2 Å². The summed E-state index contributed by atoms with van der Waals surface area (Å²) in [4.78, 5) is 22.7. The lowest BCUT2D eigenvalue weighted by atomic mass is 10.2. The van der Waals surface area contributed by atoms with Gasteiger partial charge in [0.05, 0.1) is 30.9 Å². The van der Waals surface area contributed by atoms with Gasteiger partial charge in [-0.25, -0.2) is 14.8 Å². The zero-order valence-electron chi connectivity index (χ0n) is 18.7. The van der Waals surface area contributed by atoms with Gasteiger partial charge < -0.3 is 19.9 Å². The number of aromatic nitrogens is 3. The molecule has 8 nitrogen and oxygen atoms in total. The first kappa shape index (κ1) is 21.3. The molecule has 0 saturated heterocycles. The van der Waals surface area contributed by atoms with Crippen molar-refractivity contribution in [1.29, 1.82) is 0 Å². The fourth-order valence-corrected chi connectivity index (χ4v) is 3.84. The van der Waals surface area contributed by atoms with Gasteiger partial charge in [-0.05, 0) is 17.7 Å². The number of methoxy groups -OCH3 is 2. The number of hydrogen-bond donors (Lipinski definition) is 1. The number of nitrogens with zero attached hydrogens (tertiary/aromatic N) is 3. The highest BCUT2D eigenvalue weighted by Crippen LogP contribution is 2.34. The number of fused-ring (bicyclic) bond motifs is 2. The predicted octanol–water partition coefficient (Wildman–Crippen LogP) is 4.53. The van der Waals surface area contributed by atoms with Gasteiger partial charge >= 0.3 is 5.97 Å². The zero-order chi connectivity index (χ0) is 23.7. The average molecular weight is 454 g/mol. The van der Waals surface area contributed by atoms with Gasteiger partial charge in [0.15, 0.2) is 5.65 Å². The SMILES string of the molecule is COc1cc(OC)cc(-n2c(N)c(C(=O)OCc3ccccc3)c3nc4ccccc4nc32)c1. The van der Waals surface area contributed by atoms with E-state index in [1.54, 1.807) is 37.0 Å². The van der Waals surface area contributed by atoms with Crippen molar-refractivity contribution in [3.8, 4) is 17.2 Å². The number of para-hydroxylation sites is 2. The first-order valence-electron chi connectivity index (χ1n) is 10.6. The molecule has 0 fully saturated rings. The molecule has 5 aromatic rings. The first-order valence-corrected chi connectivity index (χ1v) is 10.6. The molecule has 3 aromatic carbocycles. The third-order valence-electron chi connectivity index (χ3n) is 5.51. The van der Waals surface area contributed by atoms with Crippen LogP contribution in [0.5, 0.6) is 11.5 Å². The minimum Gasteiger partial charge on any atom is -0.497 e. The highest BCUT2D eigenvalue weighted by atomic mass is 16.5. The molecule has 0 saturated carbocycles. The van der Waals surface area contributed by atoms with Crippen LogP contribution in [-0.4, -0.2) is 34.7 Å². The molecule has 2 heterocycles. The molecule has 34 heavy (non-hydrogen) atoms. The van der Waals surface area contributed by atoms with Gasteiger partial charge in [-0.3, -0.25) is 4.57 Å². The Morgan fingerprint density at radius 1 is 0.882 bits per heavy atom. The number of anilines is 1. The van der Waals surface area contributed by atoms with Gasteiger partial charge in [-0.15, -0.1) is 0 Å². The Hall–Kier alpha value is -4.59. The van der Waals surface area contributed by atoms with Gasteiger partial charge in [0.2, 0.25) is 0 Å². The maximum absolute atomic E-state index is 13.2. The average Bonchev–Trinajstić information content (AvgIpc) is 3.16. The van der Waals surface area contributed by atoms with E-state index in [0.29, 0.717) is 39.4 Å². The van der Waals surface area contributed by atoms with E-state index >= 15 is 0 Å². The number of carbonyl (C=O) groups excluding carboxylic acids is 1. The number of nitrogen functional groups attached to an aromatic ring is 1. The van der Waals surface area contributed by atoms with Crippen LogP contribution in [0.3, 0.4) is 0 Å². The first-order chi connectivity index (χ1) is 16.6. The third kappa shape index (κ3) is 3.75. The Morgan fingerprint density at radius 3 is 2.15 bits per heavy atom. The number of benzene rings is 3. The van der Waals surface area contributed by atoms with Crippen LogP contribution in [0.25, 0.3) is 27.9 Å². The third-order valence-corrected chi connectivity index (χ3v) is 5.51. The molecular weight excluding hydrogens is 432 g/mol. The number of hydrogen-bond acceptors (Lipinski definition) is 7. The number of carbonyl (C=O) groups is 1. The summed E-state index contributed by atoms with van der Waals surface area (Å²) in [7, 11) is 3.13. The summed E-state index contributed by atoms with van der Waals surface area (Å²) in [6.07, 6.45) is 0. The highest BCUT2D eigenvalue weighted by molar-refractivity contribution is 6.09. The topological polar surface area (TPSA) is 101 Å². The normalized spacial score (nSPS) is 11.0. The molecule has 0 aliphatic heterocycles. The van der Waals surface area contributed by atoms with Crippen molar-refractivity contribution in [1.82, 2.24) is 14.5 Å². The van der Waals surface area contributed by atoms with Gasteiger partial charge in [0.25, 0.3) is 0 Å². The van der Waals surface area contributed by atoms with Gasteiger partial charge in [-0.2, -0.15) is 0 Å². The van der Waals surface area contributed by atoms with E-state index < -0.39 is 5.97 Å². The largest absolute Gasteiger partial charge is 0.497 e. The molecule has 2 aromatic heterocycles. The van der Waals surface area contributed by atoms with Crippen LogP contribution in [0.15, 0.2) is 72.8 Å². The van der Waals surface area contributed by atoms with E-state index in [4.69, 9.17) is 29.9 Å². The molecule has 0 unspecified atom stereocenters. The molecule has 5 rings (SSSR count). The Bertz CT molecular complexity index is 1490. The molecular formula is C26H22N4O4. The van der Waals surface area contributed by atoms with E-state index in [-0.39, 0.29) is 18.0 Å². The predicted molar refractivity (Wildman–Crippen MR) is 129 cm³/mol. The van der Waals surface area contributed by atoms with Crippen molar-refractivity contribution < 1.29 is 19.0 Å². The molecule has 0 atom stereocenters. The molecule has 8 heteroatoms. The van der Waals surface area contributed by atoms with E-state index in [0.717, 1.165) is 5.56 Å². The van der Waals surface area contributed by atoms with Gasteiger partial charge in [0.1, 0.15) is 35.0 Å². The van der Waals surface area contributed by atoms with Crippen molar-refractivity contribution in [2.75, 3.05) is 20.0 Å². The van der Waals surface area contributed by atoms with Crippen molar-refractivity contribution in [2.45, 2.75) is 6.61 Å². The zero-order valence-corrected chi connectivity index (χ0v) is 18.7. The molecule has 0 aliphatic rings. The van der Waals surface area contributed by atoms with Crippen molar-refractivity contribution >= 4 is 34.0 Å². The number of esters is 1. The second kappa shape index (κ2) is 8.74. The van der Waals surface area contributed by atoms with Crippen LogP contribution < -0.4 is 15.2 Å². The smallest absolute Gasteiger partial charge is 0.344 e. The monoisotopic (exact) mass is 454 g/mol. The van der Waals surface area contributed by atoms with E-state index in [9.17, 15) is 4.79 Å². The van der Waals surface area contributed by atoms with E-state index in [2.05, 4.69) is 0 Å². The second-order valence-electron chi connectivity index (χ2n) is 7.61. The summed E-state index contributed by atoms with van der Waals surface area (Å²) < 4.78 is 18.1. The van der Waals surface area contributed by atoms with Crippen molar-refractivity contribution in [2.24, 2.45) is 0 Å². The van der Waals surface area contributed by atoms with Gasteiger partial charge in [-0.1, -0.05) is 42.5 Å². The summed E-state index contributed by atoms with van der Waals surface area (Å²) in [6.45, 7) is 0.111. The van der Waals surface area contributed by atoms with Crippen LogP contribution in [0, 0.1) is 0 Å². The molecule has 0 spiro atoms. The van der Waals surface area contributed by atoms with E-state index in [1.807, 2.05) is 54.6 Å². The fourth-order valence-electron chi connectivity index (χ4n) is 3.84. The molecule has 0 aliphatic carbocycles. The number of rotatable bonds is 6. The summed E-state index contributed by atoms with van der Waals surface area (Å²) in [5, 5.41) is 0. The van der Waals surface area contributed by atoms with Crippen molar-refractivity contribution in [3.63, 3.8) is 0 Å². The van der Waals surface area contributed by atoms with Crippen molar-refractivity contribution in [3.05, 3.63) is 83.9 Å². The van der Waals surface area contributed by atoms with Crippen LogP contribution in [0.1, 0.15) is 15.9 Å². The fraction of sp³-hybridized carbons (Fsp3) is 0.115. The Balaban J connectivity index is 1.70. The minimum atomic E-state index is -0.579. The number of ether oxygens (including phenoxy) is 3. The minimum absolute atomic E-state index is 0.111. The maximum Gasteiger partial charge on any atom is 0.344 e. The van der Waals surface area contributed by atoms with E-state index in [1.165, 1.54) is 0 Å². The molecule has 0 amide bonds. The second-order valence-corrected chi connectivity index (χ2v) is 7.61. The Kier molecular flexibility index (Phi) is 5.47. The Labute approximate surface area is 195 Å². The molecule has 2 N–H and O–H groups in total. The molecule has 0 bridgehead atoms. The number of nitrogens with two attached hydrogens (primary N) is 1. The quantitative estimate of drug-likeness (QED) is 0.376. The lowest BCUT2D eigenvalue weighted by molar-refractivity contribution is 0.0476. The Morgan fingerprint density at radius 2 is 1.50 bits per heavy atom.